The zero-order valence-corrected chi connectivity index (χ0v) is 23.4. The van der Waals surface area contributed by atoms with Crippen molar-refractivity contribution in [2.24, 2.45) is 52.3 Å². The Morgan fingerprint density at radius 2 is 1.69 bits per heavy atom. The van der Waals surface area contributed by atoms with E-state index < -0.39 is 6.09 Å². The molecule has 0 aromatic rings. The number of aliphatic hydroxyl groups is 3. The zero-order chi connectivity index (χ0) is 26.3. The fourth-order valence-electron chi connectivity index (χ4n) is 9.98. The first-order valence-electron chi connectivity index (χ1n) is 15.0. The maximum absolute atomic E-state index is 12.1. The van der Waals surface area contributed by atoms with Gasteiger partial charge in [0.25, 0.3) is 0 Å². The smallest absolute Gasteiger partial charge is 0.407 e. The van der Waals surface area contributed by atoms with Crippen LogP contribution in [0.4, 0.5) is 4.79 Å². The van der Waals surface area contributed by atoms with Gasteiger partial charge < -0.3 is 25.4 Å². The summed E-state index contributed by atoms with van der Waals surface area (Å²) in [6, 6.07) is -0.0904. The van der Waals surface area contributed by atoms with Gasteiger partial charge in [-0.05, 0) is 117 Å². The SMILES string of the molecule is CC[C@H]1[C@@H](O)C2[C@@H]3CC[C@H]([C@H](C)CCOC(=O)N[C@H](C)CCO)C3(C)CC[C@@H]2C2(C)CC[C@@H](O)C[C@@H]12. The summed E-state index contributed by atoms with van der Waals surface area (Å²) in [4.78, 5) is 12.1. The van der Waals surface area contributed by atoms with Gasteiger partial charge in [0.2, 0.25) is 0 Å². The molecule has 36 heavy (non-hydrogen) atoms. The minimum Gasteiger partial charge on any atom is -0.450 e. The van der Waals surface area contributed by atoms with Gasteiger partial charge in [0, 0.05) is 12.6 Å². The van der Waals surface area contributed by atoms with Gasteiger partial charge >= 0.3 is 6.09 Å². The van der Waals surface area contributed by atoms with E-state index in [1.54, 1.807) is 0 Å². The number of hydrogen-bond donors (Lipinski definition) is 4. The van der Waals surface area contributed by atoms with Gasteiger partial charge in [0.05, 0.1) is 18.8 Å². The van der Waals surface area contributed by atoms with Crippen molar-refractivity contribution in [3.8, 4) is 0 Å². The Labute approximate surface area is 219 Å². The molecule has 0 aliphatic heterocycles. The second kappa shape index (κ2) is 11.1. The fourth-order valence-corrected chi connectivity index (χ4v) is 9.98. The normalized spacial score (nSPS) is 45.7. The number of hydrogen-bond acceptors (Lipinski definition) is 5. The number of rotatable bonds is 8. The molecule has 3 unspecified atom stereocenters. The van der Waals surface area contributed by atoms with Crippen LogP contribution in [0.5, 0.6) is 0 Å². The Morgan fingerprint density at radius 1 is 1.00 bits per heavy atom. The molecule has 12 atom stereocenters. The van der Waals surface area contributed by atoms with Crippen LogP contribution in [0.1, 0.15) is 98.8 Å². The number of nitrogens with one attached hydrogen (secondary N) is 1. The van der Waals surface area contributed by atoms with Gasteiger partial charge in [-0.3, -0.25) is 0 Å². The highest BCUT2D eigenvalue weighted by Crippen LogP contribution is 2.69. The van der Waals surface area contributed by atoms with E-state index >= 15 is 0 Å². The Kier molecular flexibility index (Phi) is 8.68. The summed E-state index contributed by atoms with van der Waals surface area (Å²) in [5.74, 6) is 3.28. The van der Waals surface area contributed by atoms with Crippen molar-refractivity contribution in [1.82, 2.24) is 5.32 Å². The molecule has 4 rings (SSSR count). The van der Waals surface area contributed by atoms with Gasteiger partial charge in [-0.15, -0.1) is 0 Å². The molecular formula is C30H53NO5. The van der Waals surface area contributed by atoms with Crippen molar-refractivity contribution in [1.29, 1.82) is 0 Å². The summed E-state index contributed by atoms with van der Waals surface area (Å²) in [5, 5.41) is 34.1. The molecule has 4 aliphatic rings. The number of carbonyl (C=O) groups is 1. The molecule has 4 saturated carbocycles. The molecule has 0 bridgehead atoms. The highest BCUT2D eigenvalue weighted by molar-refractivity contribution is 5.67. The first-order chi connectivity index (χ1) is 17.1. The average Bonchev–Trinajstić information content (AvgIpc) is 3.17. The van der Waals surface area contributed by atoms with E-state index in [1.807, 2.05) is 6.92 Å². The third-order valence-corrected chi connectivity index (χ3v) is 11.9. The van der Waals surface area contributed by atoms with Crippen molar-refractivity contribution in [3.63, 3.8) is 0 Å². The van der Waals surface area contributed by atoms with Gasteiger partial charge in [-0.2, -0.15) is 0 Å². The van der Waals surface area contributed by atoms with E-state index in [4.69, 9.17) is 9.84 Å². The Bertz CT molecular complexity index is 762. The molecule has 1 amide bonds. The lowest BCUT2D eigenvalue weighted by atomic mass is 9.41. The third-order valence-electron chi connectivity index (χ3n) is 11.9. The van der Waals surface area contributed by atoms with E-state index in [0.717, 1.165) is 32.1 Å². The fraction of sp³-hybridized carbons (Fsp3) is 0.967. The molecule has 208 valence electrons. The lowest BCUT2D eigenvalue weighted by molar-refractivity contribution is -0.203. The van der Waals surface area contributed by atoms with Crippen LogP contribution in [0.3, 0.4) is 0 Å². The molecule has 0 aromatic heterocycles. The van der Waals surface area contributed by atoms with Crippen molar-refractivity contribution in [2.45, 2.75) is 117 Å². The molecule has 6 heteroatoms. The van der Waals surface area contributed by atoms with E-state index in [9.17, 15) is 15.0 Å². The lowest BCUT2D eigenvalue weighted by Crippen LogP contribution is -2.62. The van der Waals surface area contributed by atoms with Gasteiger partial charge in [0.15, 0.2) is 0 Å². The zero-order valence-electron chi connectivity index (χ0n) is 23.4. The molecule has 0 saturated heterocycles. The molecule has 4 fully saturated rings. The number of carbonyl (C=O) groups excluding carboxylic acids is 1. The molecule has 0 spiro atoms. The highest BCUT2D eigenvalue weighted by Gasteiger charge is 2.64. The number of alkyl carbamates (subject to hydrolysis) is 1. The minimum atomic E-state index is -0.393. The molecule has 0 aromatic carbocycles. The quantitative estimate of drug-likeness (QED) is 0.365. The number of ether oxygens (including phenoxy) is 1. The van der Waals surface area contributed by atoms with Crippen molar-refractivity contribution < 1.29 is 24.9 Å². The van der Waals surface area contributed by atoms with Gasteiger partial charge in [-0.25, -0.2) is 4.79 Å². The van der Waals surface area contributed by atoms with E-state index in [-0.39, 0.29) is 35.7 Å². The molecule has 6 nitrogen and oxygen atoms in total. The monoisotopic (exact) mass is 507 g/mol. The standard InChI is InChI=1S/C30H53NO5/c1-6-21-25-17-20(33)9-13-30(25,5)24-10-14-29(4)22(7-8-23(29)26(24)27(21)34)18(2)12-16-36-28(35)31-19(3)11-15-32/h18-27,32-34H,6-17H2,1-5H3,(H,31,35)/t18-,19-,20-,21-,22-,23+,24+,25+,26?,27-,29?,30?/m1/s1. The summed E-state index contributed by atoms with van der Waals surface area (Å²) in [5.41, 5.74) is 0.471. The summed E-state index contributed by atoms with van der Waals surface area (Å²) < 4.78 is 5.48. The van der Waals surface area contributed by atoms with Crippen LogP contribution in [0.2, 0.25) is 0 Å². The summed E-state index contributed by atoms with van der Waals surface area (Å²) >= 11 is 0. The highest BCUT2D eigenvalue weighted by atomic mass is 16.5. The molecule has 0 radical (unpaired) electrons. The molecule has 4 aliphatic carbocycles. The topological polar surface area (TPSA) is 99.0 Å². The van der Waals surface area contributed by atoms with Crippen LogP contribution in [0.15, 0.2) is 0 Å². The van der Waals surface area contributed by atoms with E-state index in [0.29, 0.717) is 54.5 Å². The predicted molar refractivity (Wildman–Crippen MR) is 141 cm³/mol. The Balaban J connectivity index is 1.42. The Morgan fingerprint density at radius 3 is 2.39 bits per heavy atom. The van der Waals surface area contributed by atoms with Crippen LogP contribution >= 0.6 is 0 Å². The van der Waals surface area contributed by atoms with Crippen LogP contribution in [0, 0.1) is 52.3 Å². The van der Waals surface area contributed by atoms with Crippen LogP contribution < -0.4 is 5.32 Å². The second-order valence-corrected chi connectivity index (χ2v) is 13.6. The van der Waals surface area contributed by atoms with E-state index in [1.165, 1.54) is 25.7 Å². The van der Waals surface area contributed by atoms with Crippen LogP contribution in [-0.4, -0.2) is 52.9 Å². The first kappa shape index (κ1) is 28.2. The second-order valence-electron chi connectivity index (χ2n) is 13.6. The molecule has 0 heterocycles. The molecular weight excluding hydrogens is 454 g/mol. The summed E-state index contributed by atoms with van der Waals surface area (Å²) in [6.07, 6.45) is 9.23. The largest absolute Gasteiger partial charge is 0.450 e. The van der Waals surface area contributed by atoms with E-state index in [2.05, 4.69) is 33.0 Å². The summed E-state index contributed by atoms with van der Waals surface area (Å²) in [7, 11) is 0. The molecule has 4 N–H and O–H groups in total. The van der Waals surface area contributed by atoms with Crippen molar-refractivity contribution >= 4 is 6.09 Å². The van der Waals surface area contributed by atoms with Gasteiger partial charge in [-0.1, -0.05) is 34.1 Å². The predicted octanol–water partition coefficient (Wildman–Crippen LogP) is 5.14. The number of aliphatic hydroxyl groups excluding tert-OH is 3. The number of amides is 1. The van der Waals surface area contributed by atoms with Crippen molar-refractivity contribution in [3.05, 3.63) is 0 Å². The van der Waals surface area contributed by atoms with Crippen molar-refractivity contribution in [2.75, 3.05) is 13.2 Å². The lowest BCUT2D eigenvalue weighted by Gasteiger charge is -2.64. The first-order valence-corrected chi connectivity index (χ1v) is 15.0. The minimum absolute atomic E-state index is 0.0528. The Hall–Kier alpha value is -0.850. The maximum atomic E-state index is 12.1. The van der Waals surface area contributed by atoms with Gasteiger partial charge in [0.1, 0.15) is 0 Å². The summed E-state index contributed by atoms with van der Waals surface area (Å²) in [6.45, 7) is 11.9. The van der Waals surface area contributed by atoms with Crippen LogP contribution in [0.25, 0.3) is 0 Å². The van der Waals surface area contributed by atoms with Crippen LogP contribution in [-0.2, 0) is 4.74 Å². The number of fused-ring (bicyclic) bond motifs is 5. The third kappa shape index (κ3) is 4.96. The maximum Gasteiger partial charge on any atom is 0.407 e. The average molecular weight is 508 g/mol.